The number of carboxylic acids is 2. The van der Waals surface area contributed by atoms with Gasteiger partial charge in [-0.1, -0.05) is 6.92 Å². The van der Waals surface area contributed by atoms with Gasteiger partial charge in [0.1, 0.15) is 5.41 Å². The van der Waals surface area contributed by atoms with Crippen molar-refractivity contribution >= 4 is 11.9 Å². The van der Waals surface area contributed by atoms with Crippen molar-refractivity contribution in [2.75, 3.05) is 0 Å². The first-order valence-electron chi connectivity index (χ1n) is 6.11. The second-order valence-electron chi connectivity index (χ2n) is 5.28. The Bertz CT molecular complexity index is 327. The molecule has 0 saturated heterocycles. The van der Waals surface area contributed by atoms with E-state index >= 15 is 0 Å². The molecule has 0 aromatic rings. The molecule has 0 bridgehead atoms. The van der Waals surface area contributed by atoms with Crippen LogP contribution in [0.1, 0.15) is 45.4 Å². The van der Waals surface area contributed by atoms with Gasteiger partial charge < -0.3 is 20.4 Å². The Morgan fingerprint density at radius 3 is 2.11 bits per heavy atom. The normalized spacial score (nSPS) is 28.9. The second-order valence-corrected chi connectivity index (χ2v) is 5.28. The molecular weight excluding hydrogens is 240 g/mol. The van der Waals surface area contributed by atoms with E-state index in [4.69, 9.17) is 5.11 Å². The van der Waals surface area contributed by atoms with E-state index in [2.05, 4.69) is 0 Å². The van der Waals surface area contributed by atoms with Crippen molar-refractivity contribution in [1.29, 1.82) is 0 Å². The highest BCUT2D eigenvalue weighted by atomic mass is 16.5. The molecule has 0 spiro atoms. The molecule has 0 heterocycles. The van der Waals surface area contributed by atoms with Crippen molar-refractivity contribution in [1.82, 2.24) is 0 Å². The summed E-state index contributed by atoms with van der Waals surface area (Å²) in [5.41, 5.74) is -1.64. The molecule has 6 heteroatoms. The number of aliphatic hydroxyl groups is 2. The van der Waals surface area contributed by atoms with Crippen LogP contribution in [0.2, 0.25) is 0 Å². The number of carbonyl (C=O) groups is 2. The minimum atomic E-state index is -2.47. The summed E-state index contributed by atoms with van der Waals surface area (Å²) in [6, 6.07) is 0. The maximum Gasteiger partial charge on any atom is 0.315 e. The lowest BCUT2D eigenvalue weighted by Crippen LogP contribution is -2.55. The molecule has 0 atom stereocenters. The topological polar surface area (TPSA) is 115 Å². The van der Waals surface area contributed by atoms with Crippen LogP contribution in [0.5, 0.6) is 0 Å². The zero-order valence-corrected chi connectivity index (χ0v) is 10.4. The molecule has 0 aromatic heterocycles. The Labute approximate surface area is 105 Å². The van der Waals surface area contributed by atoms with E-state index < -0.39 is 36.0 Å². The molecular formula is C12H20O6. The molecule has 104 valence electrons. The molecule has 1 aliphatic carbocycles. The third-order valence-corrected chi connectivity index (χ3v) is 3.99. The molecule has 6 nitrogen and oxygen atoms in total. The fraction of sp³-hybridized carbons (Fsp3) is 0.833. The fourth-order valence-corrected chi connectivity index (χ4v) is 2.56. The van der Waals surface area contributed by atoms with Crippen LogP contribution >= 0.6 is 0 Å². The molecule has 1 fully saturated rings. The first-order chi connectivity index (χ1) is 8.21. The third kappa shape index (κ3) is 2.81. The van der Waals surface area contributed by atoms with Gasteiger partial charge in [0.15, 0.2) is 5.79 Å². The van der Waals surface area contributed by atoms with Gasteiger partial charge >= 0.3 is 11.9 Å². The van der Waals surface area contributed by atoms with Crippen LogP contribution in [0.15, 0.2) is 0 Å². The summed E-state index contributed by atoms with van der Waals surface area (Å²) in [5, 5.41) is 37.9. The largest absolute Gasteiger partial charge is 0.481 e. The Morgan fingerprint density at radius 1 is 1.22 bits per heavy atom. The minimum absolute atomic E-state index is 0.163. The summed E-state index contributed by atoms with van der Waals surface area (Å²) >= 11 is 0. The summed E-state index contributed by atoms with van der Waals surface area (Å²) in [6.45, 7) is 1.99. The predicted molar refractivity (Wildman–Crippen MR) is 61.7 cm³/mol. The fourth-order valence-electron chi connectivity index (χ4n) is 2.56. The Kier molecular flexibility index (Phi) is 4.34. The first-order valence-corrected chi connectivity index (χ1v) is 6.11. The van der Waals surface area contributed by atoms with Gasteiger partial charge in [0.25, 0.3) is 0 Å². The minimum Gasteiger partial charge on any atom is -0.481 e. The maximum absolute atomic E-state index is 11.4. The van der Waals surface area contributed by atoms with Gasteiger partial charge in [-0.15, -0.1) is 0 Å². The van der Waals surface area contributed by atoms with Crippen LogP contribution in [0.4, 0.5) is 0 Å². The van der Waals surface area contributed by atoms with Crippen LogP contribution in [0.25, 0.3) is 0 Å². The SMILES string of the molecule is CC1CCC(C(=O)O)(C(O)(O)CCC(=O)O)CC1. The lowest BCUT2D eigenvalue weighted by atomic mass is 9.65. The standard InChI is InChI=1S/C12H20O6/c1-8-2-5-11(6-3-8,10(15)16)12(17,18)7-4-9(13)14/h8,17-18H,2-7H2,1H3,(H,13,14)(H,15,16). The van der Waals surface area contributed by atoms with Gasteiger partial charge in [-0.3, -0.25) is 9.59 Å². The van der Waals surface area contributed by atoms with Crippen LogP contribution < -0.4 is 0 Å². The highest BCUT2D eigenvalue weighted by Gasteiger charge is 2.56. The summed E-state index contributed by atoms with van der Waals surface area (Å²) in [6.07, 6.45) is 0.595. The molecule has 0 aromatic carbocycles. The number of aliphatic carboxylic acids is 2. The zero-order valence-electron chi connectivity index (χ0n) is 10.4. The quantitative estimate of drug-likeness (QED) is 0.544. The molecule has 1 saturated carbocycles. The average Bonchev–Trinajstić information content (AvgIpc) is 2.27. The lowest BCUT2D eigenvalue weighted by Gasteiger charge is -2.44. The van der Waals surface area contributed by atoms with Gasteiger partial charge in [0, 0.05) is 6.42 Å². The van der Waals surface area contributed by atoms with Gasteiger partial charge in [-0.25, -0.2) is 0 Å². The van der Waals surface area contributed by atoms with Gasteiger partial charge in [-0.2, -0.15) is 0 Å². The Balaban J connectivity index is 2.89. The molecule has 18 heavy (non-hydrogen) atoms. The van der Waals surface area contributed by atoms with Gasteiger partial charge in [-0.05, 0) is 31.6 Å². The molecule has 1 rings (SSSR count). The summed E-state index contributed by atoms with van der Waals surface area (Å²) in [7, 11) is 0. The molecule has 1 aliphatic rings. The Morgan fingerprint density at radius 2 is 1.72 bits per heavy atom. The summed E-state index contributed by atoms with van der Waals surface area (Å²) < 4.78 is 0. The van der Waals surface area contributed by atoms with E-state index in [0.717, 1.165) is 0 Å². The van der Waals surface area contributed by atoms with E-state index in [0.29, 0.717) is 18.8 Å². The van der Waals surface area contributed by atoms with Crippen LogP contribution in [-0.2, 0) is 9.59 Å². The van der Waals surface area contributed by atoms with E-state index in [-0.39, 0.29) is 12.8 Å². The highest BCUT2D eigenvalue weighted by Crippen LogP contribution is 2.47. The monoisotopic (exact) mass is 260 g/mol. The first kappa shape index (κ1) is 14.9. The Hall–Kier alpha value is -1.14. The van der Waals surface area contributed by atoms with Crippen LogP contribution in [-0.4, -0.2) is 38.2 Å². The number of carboxylic acid groups (broad SMARTS) is 2. The number of rotatable bonds is 5. The lowest BCUT2D eigenvalue weighted by molar-refractivity contribution is -0.259. The van der Waals surface area contributed by atoms with Crippen molar-refractivity contribution in [3.63, 3.8) is 0 Å². The average molecular weight is 260 g/mol. The third-order valence-electron chi connectivity index (χ3n) is 3.99. The summed E-state index contributed by atoms with van der Waals surface area (Å²) in [4.78, 5) is 21.9. The number of hydrogen-bond donors (Lipinski definition) is 4. The second kappa shape index (κ2) is 5.24. The van der Waals surface area contributed by atoms with Crippen LogP contribution in [0.3, 0.4) is 0 Å². The van der Waals surface area contributed by atoms with Gasteiger partial charge in [0.05, 0.1) is 6.42 Å². The number of hydrogen-bond acceptors (Lipinski definition) is 4. The highest BCUT2D eigenvalue weighted by molar-refractivity contribution is 5.76. The van der Waals surface area contributed by atoms with Crippen molar-refractivity contribution in [3.05, 3.63) is 0 Å². The van der Waals surface area contributed by atoms with E-state index in [9.17, 15) is 24.9 Å². The van der Waals surface area contributed by atoms with Crippen molar-refractivity contribution in [2.45, 2.75) is 51.2 Å². The molecule has 0 amide bonds. The van der Waals surface area contributed by atoms with E-state index in [1.807, 2.05) is 6.92 Å². The van der Waals surface area contributed by atoms with Gasteiger partial charge in [0.2, 0.25) is 0 Å². The van der Waals surface area contributed by atoms with Crippen molar-refractivity contribution in [3.8, 4) is 0 Å². The smallest absolute Gasteiger partial charge is 0.315 e. The summed E-state index contributed by atoms with van der Waals surface area (Å²) in [5.74, 6) is -4.55. The van der Waals surface area contributed by atoms with Crippen LogP contribution in [0, 0.1) is 11.3 Å². The predicted octanol–water partition coefficient (Wildman–Crippen LogP) is 0.813. The molecule has 0 unspecified atom stereocenters. The zero-order chi connectivity index (χ0) is 14.0. The van der Waals surface area contributed by atoms with E-state index in [1.165, 1.54) is 0 Å². The maximum atomic E-state index is 11.4. The molecule has 4 N–H and O–H groups in total. The van der Waals surface area contributed by atoms with Crippen molar-refractivity contribution in [2.24, 2.45) is 11.3 Å². The van der Waals surface area contributed by atoms with E-state index in [1.54, 1.807) is 0 Å². The molecule has 0 radical (unpaired) electrons. The van der Waals surface area contributed by atoms with Crippen molar-refractivity contribution < 1.29 is 30.0 Å². The molecule has 0 aliphatic heterocycles.